The number of nitrogens with zero attached hydrogens (tertiary/aromatic N) is 1. The zero-order valence-corrected chi connectivity index (χ0v) is 11.9. The lowest BCUT2D eigenvalue weighted by Crippen LogP contribution is -1.81. The molecule has 0 aliphatic carbocycles. The van der Waals surface area contributed by atoms with Crippen LogP contribution in [0.3, 0.4) is 0 Å². The zero-order chi connectivity index (χ0) is 13.2. The molecule has 0 saturated heterocycles. The summed E-state index contributed by atoms with van der Waals surface area (Å²) in [6, 6.07) is 14.8. The lowest BCUT2D eigenvalue weighted by Gasteiger charge is -2.00. The van der Waals surface area contributed by atoms with Crippen LogP contribution < -0.4 is 0 Å². The van der Waals surface area contributed by atoms with E-state index >= 15 is 0 Å². The molecule has 1 nitrogen and oxygen atoms in total. The van der Waals surface area contributed by atoms with Gasteiger partial charge in [0.1, 0.15) is 5.01 Å². The Morgan fingerprint density at radius 3 is 2.68 bits per heavy atom. The van der Waals surface area contributed by atoms with Gasteiger partial charge in [-0.05, 0) is 43.2 Å². The number of aromatic nitrogens is 1. The van der Waals surface area contributed by atoms with Gasteiger partial charge in [-0.3, -0.25) is 0 Å². The maximum atomic E-state index is 4.61. The van der Waals surface area contributed by atoms with Crippen molar-refractivity contribution in [1.29, 1.82) is 0 Å². The van der Waals surface area contributed by atoms with Crippen LogP contribution in [0.5, 0.6) is 0 Å². The monoisotopic (exact) mass is 265 g/mol. The second kappa shape index (κ2) is 4.98. The van der Waals surface area contributed by atoms with Crippen molar-refractivity contribution in [2.75, 3.05) is 0 Å². The van der Waals surface area contributed by atoms with E-state index in [1.54, 1.807) is 11.3 Å². The zero-order valence-electron chi connectivity index (χ0n) is 11.1. The van der Waals surface area contributed by atoms with Crippen molar-refractivity contribution in [3.05, 3.63) is 64.2 Å². The number of benzene rings is 2. The first-order valence-electron chi connectivity index (χ1n) is 6.33. The molecule has 3 aromatic rings. The van der Waals surface area contributed by atoms with Crippen molar-refractivity contribution in [1.82, 2.24) is 4.98 Å². The Labute approximate surface area is 117 Å². The predicted octanol–water partition coefficient (Wildman–Crippen LogP) is 5.08. The van der Waals surface area contributed by atoms with E-state index in [1.165, 1.54) is 21.4 Å². The molecule has 0 unspecified atom stereocenters. The predicted molar refractivity (Wildman–Crippen MR) is 84.5 cm³/mol. The Balaban J connectivity index is 1.95. The van der Waals surface area contributed by atoms with Crippen LogP contribution in [0.25, 0.3) is 22.4 Å². The van der Waals surface area contributed by atoms with E-state index < -0.39 is 0 Å². The van der Waals surface area contributed by atoms with Crippen LogP contribution in [0.4, 0.5) is 0 Å². The lowest BCUT2D eigenvalue weighted by molar-refractivity contribution is 1.38. The largest absolute Gasteiger partial charge is 0.237 e. The number of fused-ring (bicyclic) bond motifs is 1. The van der Waals surface area contributed by atoms with Crippen molar-refractivity contribution in [3.63, 3.8) is 0 Å². The molecule has 0 aliphatic heterocycles. The molecule has 3 rings (SSSR count). The van der Waals surface area contributed by atoms with Crippen LogP contribution >= 0.6 is 11.3 Å². The number of rotatable bonds is 2. The number of thiazole rings is 1. The van der Waals surface area contributed by atoms with Crippen molar-refractivity contribution < 1.29 is 0 Å². The minimum atomic E-state index is 1.06. The molecular weight excluding hydrogens is 250 g/mol. The smallest absolute Gasteiger partial charge is 0.117 e. The van der Waals surface area contributed by atoms with E-state index in [0.29, 0.717) is 0 Å². The van der Waals surface area contributed by atoms with Gasteiger partial charge >= 0.3 is 0 Å². The molecule has 0 atom stereocenters. The standard InChI is InChI=1S/C17H15NS/c1-12-7-8-13(2)14(11-12)9-10-17-18-15-5-3-4-6-16(15)19-17/h3-11H,1-2H3. The number of hydrogen-bond acceptors (Lipinski definition) is 2. The Morgan fingerprint density at radius 1 is 1.00 bits per heavy atom. The topological polar surface area (TPSA) is 12.9 Å². The van der Waals surface area contributed by atoms with Crippen molar-refractivity contribution in [2.24, 2.45) is 0 Å². The minimum absolute atomic E-state index is 1.06. The molecule has 0 bridgehead atoms. The van der Waals surface area contributed by atoms with Crippen LogP contribution in [0.1, 0.15) is 21.7 Å². The normalized spacial score (nSPS) is 11.5. The maximum Gasteiger partial charge on any atom is 0.117 e. The van der Waals surface area contributed by atoms with Gasteiger partial charge in [0.05, 0.1) is 10.2 Å². The number of para-hydroxylation sites is 1. The van der Waals surface area contributed by atoms with Gasteiger partial charge in [0.2, 0.25) is 0 Å². The Bertz CT molecular complexity index is 720. The highest BCUT2D eigenvalue weighted by Crippen LogP contribution is 2.23. The fraction of sp³-hybridized carbons (Fsp3) is 0.118. The highest BCUT2D eigenvalue weighted by atomic mass is 32.1. The Kier molecular flexibility index (Phi) is 3.18. The first-order chi connectivity index (χ1) is 9.22. The fourth-order valence-corrected chi connectivity index (χ4v) is 2.93. The van der Waals surface area contributed by atoms with E-state index in [4.69, 9.17) is 0 Å². The average molecular weight is 265 g/mol. The molecule has 2 heteroatoms. The van der Waals surface area contributed by atoms with E-state index in [0.717, 1.165) is 10.5 Å². The van der Waals surface area contributed by atoms with Gasteiger partial charge in [-0.15, -0.1) is 11.3 Å². The van der Waals surface area contributed by atoms with Gasteiger partial charge in [0, 0.05) is 0 Å². The first-order valence-corrected chi connectivity index (χ1v) is 7.15. The molecule has 1 aromatic heterocycles. The molecule has 0 amide bonds. The third kappa shape index (κ3) is 2.59. The van der Waals surface area contributed by atoms with Crippen LogP contribution in [-0.4, -0.2) is 4.98 Å². The van der Waals surface area contributed by atoms with Gasteiger partial charge in [0.25, 0.3) is 0 Å². The van der Waals surface area contributed by atoms with Gasteiger partial charge in [-0.25, -0.2) is 4.98 Å². The maximum absolute atomic E-state index is 4.61. The molecule has 0 fully saturated rings. The van der Waals surface area contributed by atoms with E-state index in [-0.39, 0.29) is 0 Å². The number of hydrogen-bond donors (Lipinski definition) is 0. The molecule has 94 valence electrons. The molecule has 19 heavy (non-hydrogen) atoms. The van der Waals surface area contributed by atoms with Gasteiger partial charge in [-0.2, -0.15) is 0 Å². The molecule has 0 N–H and O–H groups in total. The van der Waals surface area contributed by atoms with Gasteiger partial charge < -0.3 is 0 Å². The SMILES string of the molecule is Cc1ccc(C)c(C=Cc2nc3ccccc3s2)c1. The Morgan fingerprint density at radius 2 is 1.84 bits per heavy atom. The third-order valence-electron chi connectivity index (χ3n) is 3.15. The van der Waals surface area contributed by atoms with Crippen LogP contribution in [0, 0.1) is 13.8 Å². The summed E-state index contributed by atoms with van der Waals surface area (Å²) in [4.78, 5) is 4.61. The summed E-state index contributed by atoms with van der Waals surface area (Å²) in [5.41, 5.74) is 4.92. The Hall–Kier alpha value is -1.93. The molecule has 0 saturated carbocycles. The first kappa shape index (κ1) is 12.1. The lowest BCUT2D eigenvalue weighted by atomic mass is 10.1. The van der Waals surface area contributed by atoms with Crippen LogP contribution in [0.15, 0.2) is 42.5 Å². The number of aryl methyl sites for hydroxylation is 2. The molecule has 2 aromatic carbocycles. The summed E-state index contributed by atoms with van der Waals surface area (Å²) < 4.78 is 1.24. The van der Waals surface area contributed by atoms with E-state index in [2.05, 4.69) is 67.4 Å². The highest BCUT2D eigenvalue weighted by molar-refractivity contribution is 7.19. The molecular formula is C17H15NS. The average Bonchev–Trinajstić information content (AvgIpc) is 2.82. The van der Waals surface area contributed by atoms with Crippen LogP contribution in [-0.2, 0) is 0 Å². The summed E-state index contributed by atoms with van der Waals surface area (Å²) in [5, 5.41) is 1.06. The third-order valence-corrected chi connectivity index (χ3v) is 4.15. The second-order valence-electron chi connectivity index (χ2n) is 4.71. The summed E-state index contributed by atoms with van der Waals surface area (Å²) >= 11 is 1.73. The molecule has 0 radical (unpaired) electrons. The molecule has 0 spiro atoms. The van der Waals surface area contributed by atoms with Crippen LogP contribution in [0.2, 0.25) is 0 Å². The summed E-state index contributed by atoms with van der Waals surface area (Å²) in [7, 11) is 0. The van der Waals surface area contributed by atoms with Crippen molar-refractivity contribution in [2.45, 2.75) is 13.8 Å². The summed E-state index contributed by atoms with van der Waals surface area (Å²) in [6.07, 6.45) is 4.26. The quantitative estimate of drug-likeness (QED) is 0.629. The minimum Gasteiger partial charge on any atom is -0.237 e. The van der Waals surface area contributed by atoms with Crippen molar-refractivity contribution in [3.8, 4) is 0 Å². The summed E-state index contributed by atoms with van der Waals surface area (Å²) in [5.74, 6) is 0. The van der Waals surface area contributed by atoms with E-state index in [9.17, 15) is 0 Å². The van der Waals surface area contributed by atoms with E-state index in [1.807, 2.05) is 6.07 Å². The highest BCUT2D eigenvalue weighted by Gasteiger charge is 2.00. The molecule has 1 heterocycles. The van der Waals surface area contributed by atoms with Gasteiger partial charge in [-0.1, -0.05) is 42.0 Å². The van der Waals surface area contributed by atoms with Gasteiger partial charge in [0.15, 0.2) is 0 Å². The fourth-order valence-electron chi connectivity index (χ4n) is 2.06. The summed E-state index contributed by atoms with van der Waals surface area (Å²) in [6.45, 7) is 4.26. The second-order valence-corrected chi connectivity index (χ2v) is 5.78. The molecule has 0 aliphatic rings. The van der Waals surface area contributed by atoms with Crippen molar-refractivity contribution >= 4 is 33.7 Å².